The third-order valence-corrected chi connectivity index (χ3v) is 5.76. The first-order chi connectivity index (χ1) is 13.0. The SMILES string of the molecule is CCC(C)Sc1ccc(NC(=O)c2ccc(Cn3ccnc3)cc2)c(C)c1. The summed E-state index contributed by atoms with van der Waals surface area (Å²) in [6.07, 6.45) is 6.61. The van der Waals surface area contributed by atoms with Crippen molar-refractivity contribution in [2.45, 2.75) is 43.9 Å². The van der Waals surface area contributed by atoms with E-state index in [2.05, 4.69) is 36.3 Å². The minimum Gasteiger partial charge on any atom is -0.333 e. The average molecular weight is 380 g/mol. The summed E-state index contributed by atoms with van der Waals surface area (Å²) in [4.78, 5) is 17.9. The molecule has 2 aromatic carbocycles. The quantitative estimate of drug-likeness (QED) is 0.560. The van der Waals surface area contributed by atoms with E-state index in [0.717, 1.165) is 29.8 Å². The predicted octanol–water partition coefficient (Wildman–Crippen LogP) is 5.38. The summed E-state index contributed by atoms with van der Waals surface area (Å²) in [6.45, 7) is 7.20. The zero-order chi connectivity index (χ0) is 19.2. The van der Waals surface area contributed by atoms with E-state index >= 15 is 0 Å². The third kappa shape index (κ3) is 5.23. The van der Waals surface area contributed by atoms with E-state index in [9.17, 15) is 4.79 Å². The first kappa shape index (κ1) is 19.2. The largest absolute Gasteiger partial charge is 0.333 e. The Hall–Kier alpha value is -2.53. The Bertz CT molecular complexity index is 888. The Morgan fingerprint density at radius 2 is 2.00 bits per heavy atom. The Labute approximate surface area is 165 Å². The molecule has 140 valence electrons. The van der Waals surface area contributed by atoms with Crippen molar-refractivity contribution in [3.8, 4) is 0 Å². The van der Waals surface area contributed by atoms with Crippen LogP contribution in [0.4, 0.5) is 5.69 Å². The molecule has 0 saturated carbocycles. The number of rotatable bonds is 7. The van der Waals surface area contributed by atoms with Crippen LogP contribution in [0.15, 0.2) is 66.1 Å². The topological polar surface area (TPSA) is 46.9 Å². The standard InChI is InChI=1S/C22H25N3OS/c1-4-17(3)27-20-9-10-21(16(2)13-20)24-22(26)19-7-5-18(6-8-19)14-25-12-11-23-15-25/h5-13,15,17H,4,14H2,1-3H3,(H,24,26). The number of aromatic nitrogens is 2. The van der Waals surface area contributed by atoms with Crippen LogP contribution >= 0.6 is 11.8 Å². The molecule has 0 bridgehead atoms. The van der Waals surface area contributed by atoms with Gasteiger partial charge in [-0.1, -0.05) is 26.0 Å². The monoisotopic (exact) mass is 379 g/mol. The van der Waals surface area contributed by atoms with Crippen LogP contribution in [0.5, 0.6) is 0 Å². The fraction of sp³-hybridized carbons (Fsp3) is 0.273. The zero-order valence-corrected chi connectivity index (χ0v) is 16.8. The first-order valence-corrected chi connectivity index (χ1v) is 10.1. The summed E-state index contributed by atoms with van der Waals surface area (Å²) in [5.41, 5.74) is 3.72. The number of benzene rings is 2. The van der Waals surface area contributed by atoms with Gasteiger partial charge in [0.15, 0.2) is 0 Å². The lowest BCUT2D eigenvalue weighted by Crippen LogP contribution is -2.13. The second-order valence-electron chi connectivity index (χ2n) is 6.70. The van der Waals surface area contributed by atoms with Crippen molar-refractivity contribution in [1.82, 2.24) is 9.55 Å². The van der Waals surface area contributed by atoms with Crippen molar-refractivity contribution in [3.05, 3.63) is 77.9 Å². The molecule has 0 aliphatic rings. The van der Waals surface area contributed by atoms with Crippen LogP contribution in [0.2, 0.25) is 0 Å². The average Bonchev–Trinajstić information content (AvgIpc) is 3.17. The van der Waals surface area contributed by atoms with Gasteiger partial charge in [0, 0.05) is 40.3 Å². The molecule has 0 radical (unpaired) electrons. The van der Waals surface area contributed by atoms with E-state index in [1.54, 1.807) is 12.5 Å². The summed E-state index contributed by atoms with van der Waals surface area (Å²) in [5, 5.41) is 3.61. The highest BCUT2D eigenvalue weighted by atomic mass is 32.2. The number of nitrogens with one attached hydrogen (secondary N) is 1. The van der Waals surface area contributed by atoms with Gasteiger partial charge in [-0.3, -0.25) is 4.79 Å². The normalized spacial score (nSPS) is 12.0. The molecule has 0 fully saturated rings. The van der Waals surface area contributed by atoms with Crippen LogP contribution in [0.3, 0.4) is 0 Å². The molecular formula is C22H25N3OS. The number of carbonyl (C=O) groups excluding carboxylic acids is 1. The minimum atomic E-state index is -0.0883. The highest BCUT2D eigenvalue weighted by Crippen LogP contribution is 2.28. The molecule has 3 rings (SSSR count). The zero-order valence-electron chi connectivity index (χ0n) is 16.0. The number of imidazole rings is 1. The number of anilines is 1. The molecule has 5 heteroatoms. The molecule has 27 heavy (non-hydrogen) atoms. The van der Waals surface area contributed by atoms with Crippen molar-refractivity contribution in [2.75, 3.05) is 5.32 Å². The van der Waals surface area contributed by atoms with Crippen LogP contribution in [0.25, 0.3) is 0 Å². The molecular weight excluding hydrogens is 354 g/mol. The summed E-state index contributed by atoms with van der Waals surface area (Å²) in [7, 11) is 0. The van der Waals surface area contributed by atoms with Crippen LogP contribution < -0.4 is 5.32 Å². The van der Waals surface area contributed by atoms with E-state index in [1.807, 2.05) is 59.8 Å². The van der Waals surface area contributed by atoms with Gasteiger partial charge in [-0.2, -0.15) is 0 Å². The maximum absolute atomic E-state index is 12.6. The van der Waals surface area contributed by atoms with Gasteiger partial charge in [-0.15, -0.1) is 11.8 Å². The first-order valence-electron chi connectivity index (χ1n) is 9.18. The van der Waals surface area contributed by atoms with E-state index in [-0.39, 0.29) is 5.91 Å². The molecule has 0 aliphatic heterocycles. The van der Waals surface area contributed by atoms with E-state index < -0.39 is 0 Å². The molecule has 1 heterocycles. The van der Waals surface area contributed by atoms with Gasteiger partial charge >= 0.3 is 0 Å². The molecule has 3 aromatic rings. The lowest BCUT2D eigenvalue weighted by atomic mass is 10.1. The molecule has 4 nitrogen and oxygen atoms in total. The Balaban J connectivity index is 1.64. The van der Waals surface area contributed by atoms with Crippen molar-refractivity contribution >= 4 is 23.4 Å². The third-order valence-electron chi connectivity index (χ3n) is 4.50. The summed E-state index contributed by atoms with van der Waals surface area (Å²) in [5.74, 6) is -0.0883. The van der Waals surface area contributed by atoms with Gasteiger partial charge in [0.1, 0.15) is 0 Å². The molecule has 0 spiro atoms. The smallest absolute Gasteiger partial charge is 0.255 e. The summed E-state index contributed by atoms with van der Waals surface area (Å²) >= 11 is 1.87. The molecule has 1 unspecified atom stereocenters. The lowest BCUT2D eigenvalue weighted by molar-refractivity contribution is 0.102. The molecule has 1 atom stereocenters. The lowest BCUT2D eigenvalue weighted by Gasteiger charge is -2.12. The van der Waals surface area contributed by atoms with Crippen molar-refractivity contribution in [2.24, 2.45) is 0 Å². The second kappa shape index (κ2) is 8.91. The van der Waals surface area contributed by atoms with E-state index in [0.29, 0.717) is 10.8 Å². The molecule has 1 N–H and O–H groups in total. The summed E-state index contributed by atoms with van der Waals surface area (Å²) < 4.78 is 2.00. The number of aryl methyl sites for hydroxylation is 1. The van der Waals surface area contributed by atoms with Gasteiger partial charge in [0.25, 0.3) is 5.91 Å². The number of hydrogen-bond donors (Lipinski definition) is 1. The van der Waals surface area contributed by atoms with Crippen LogP contribution in [-0.4, -0.2) is 20.7 Å². The van der Waals surface area contributed by atoms with Gasteiger partial charge < -0.3 is 9.88 Å². The van der Waals surface area contributed by atoms with E-state index in [4.69, 9.17) is 0 Å². The molecule has 0 saturated heterocycles. The van der Waals surface area contributed by atoms with Crippen molar-refractivity contribution in [1.29, 1.82) is 0 Å². The van der Waals surface area contributed by atoms with Gasteiger partial charge in [0.05, 0.1) is 6.33 Å². The number of thioether (sulfide) groups is 1. The number of nitrogens with zero attached hydrogens (tertiary/aromatic N) is 2. The maximum atomic E-state index is 12.6. The molecule has 0 aliphatic carbocycles. The Morgan fingerprint density at radius 3 is 2.63 bits per heavy atom. The number of amides is 1. The van der Waals surface area contributed by atoms with Gasteiger partial charge in [0.2, 0.25) is 0 Å². The van der Waals surface area contributed by atoms with Crippen molar-refractivity contribution in [3.63, 3.8) is 0 Å². The van der Waals surface area contributed by atoms with Crippen LogP contribution in [0.1, 0.15) is 41.8 Å². The Morgan fingerprint density at radius 1 is 1.22 bits per heavy atom. The second-order valence-corrected chi connectivity index (χ2v) is 8.21. The minimum absolute atomic E-state index is 0.0883. The highest BCUT2D eigenvalue weighted by molar-refractivity contribution is 7.99. The Kier molecular flexibility index (Phi) is 6.35. The number of hydrogen-bond acceptors (Lipinski definition) is 3. The van der Waals surface area contributed by atoms with E-state index in [1.165, 1.54) is 4.90 Å². The fourth-order valence-electron chi connectivity index (χ4n) is 2.71. The molecule has 1 amide bonds. The maximum Gasteiger partial charge on any atom is 0.255 e. The van der Waals surface area contributed by atoms with Gasteiger partial charge in [-0.05, 0) is 54.8 Å². The predicted molar refractivity (Wildman–Crippen MR) is 113 cm³/mol. The number of carbonyl (C=O) groups is 1. The highest BCUT2D eigenvalue weighted by Gasteiger charge is 2.09. The van der Waals surface area contributed by atoms with Crippen LogP contribution in [-0.2, 0) is 6.54 Å². The van der Waals surface area contributed by atoms with Crippen LogP contribution in [0, 0.1) is 6.92 Å². The fourth-order valence-corrected chi connectivity index (χ4v) is 3.74. The van der Waals surface area contributed by atoms with Crippen molar-refractivity contribution < 1.29 is 4.79 Å². The molecule has 1 aromatic heterocycles. The van der Waals surface area contributed by atoms with Gasteiger partial charge in [-0.25, -0.2) is 4.98 Å². The summed E-state index contributed by atoms with van der Waals surface area (Å²) in [6, 6.07) is 13.9.